The standard InChI is InChI=1S/C16H22BrNO4/c1-2-21-16(20)18(8-7-14-4-3-9-22-14)11-12-10-13(17)5-6-15(12)19/h5-6,10,14,19H,2-4,7-9,11H2,1H3. The number of hydrogen-bond donors (Lipinski definition) is 1. The molecule has 5 nitrogen and oxygen atoms in total. The maximum Gasteiger partial charge on any atom is 0.410 e. The van der Waals surface area contributed by atoms with Crippen molar-refractivity contribution < 1.29 is 19.4 Å². The van der Waals surface area contributed by atoms with Gasteiger partial charge in [0.2, 0.25) is 0 Å². The van der Waals surface area contributed by atoms with Gasteiger partial charge in [-0.25, -0.2) is 4.79 Å². The SMILES string of the molecule is CCOC(=O)N(CCC1CCCO1)Cc1cc(Br)ccc1O. The van der Waals surface area contributed by atoms with Crippen molar-refractivity contribution in [3.63, 3.8) is 0 Å². The summed E-state index contributed by atoms with van der Waals surface area (Å²) in [4.78, 5) is 13.7. The van der Waals surface area contributed by atoms with Crippen molar-refractivity contribution in [3.05, 3.63) is 28.2 Å². The number of phenolic OH excluding ortho intramolecular Hbond substituents is 1. The minimum Gasteiger partial charge on any atom is -0.508 e. The highest BCUT2D eigenvalue weighted by atomic mass is 79.9. The fourth-order valence-electron chi connectivity index (χ4n) is 2.51. The predicted octanol–water partition coefficient (Wildman–Crippen LogP) is 3.68. The van der Waals surface area contributed by atoms with Crippen molar-refractivity contribution in [1.29, 1.82) is 0 Å². The number of benzene rings is 1. The van der Waals surface area contributed by atoms with Crippen LogP contribution < -0.4 is 0 Å². The molecule has 0 bridgehead atoms. The lowest BCUT2D eigenvalue weighted by Gasteiger charge is -2.23. The number of phenols is 1. The van der Waals surface area contributed by atoms with Gasteiger partial charge in [0.25, 0.3) is 0 Å². The number of ether oxygens (including phenoxy) is 2. The zero-order valence-electron chi connectivity index (χ0n) is 12.8. The molecule has 0 aliphatic carbocycles. The van der Waals surface area contributed by atoms with Crippen LogP contribution in [-0.2, 0) is 16.0 Å². The molecule has 1 N–H and O–H groups in total. The lowest BCUT2D eigenvalue weighted by atomic mass is 10.1. The van der Waals surface area contributed by atoms with Gasteiger partial charge in [-0.3, -0.25) is 0 Å². The van der Waals surface area contributed by atoms with E-state index in [2.05, 4.69) is 15.9 Å². The third-order valence-corrected chi connectivity index (χ3v) is 4.17. The van der Waals surface area contributed by atoms with E-state index in [0.717, 1.165) is 30.3 Å². The molecule has 1 aliphatic rings. The van der Waals surface area contributed by atoms with Crippen LogP contribution in [0.4, 0.5) is 4.79 Å². The summed E-state index contributed by atoms with van der Waals surface area (Å²) >= 11 is 3.38. The second-order valence-corrected chi connectivity index (χ2v) is 6.23. The molecule has 0 spiro atoms. The number of rotatable bonds is 6. The minimum absolute atomic E-state index is 0.176. The van der Waals surface area contributed by atoms with E-state index in [1.807, 2.05) is 6.07 Å². The third kappa shape index (κ3) is 4.88. The van der Waals surface area contributed by atoms with E-state index in [4.69, 9.17) is 9.47 Å². The Bertz CT molecular complexity index is 503. The van der Waals surface area contributed by atoms with Crippen molar-refractivity contribution in [3.8, 4) is 5.75 Å². The maximum absolute atomic E-state index is 12.1. The fraction of sp³-hybridized carbons (Fsp3) is 0.562. The molecule has 1 aromatic rings. The summed E-state index contributed by atoms with van der Waals surface area (Å²) < 4.78 is 11.6. The fourth-order valence-corrected chi connectivity index (χ4v) is 2.92. The predicted molar refractivity (Wildman–Crippen MR) is 86.8 cm³/mol. The van der Waals surface area contributed by atoms with E-state index < -0.39 is 0 Å². The molecule has 1 heterocycles. The molecule has 0 radical (unpaired) electrons. The summed E-state index contributed by atoms with van der Waals surface area (Å²) in [6.07, 6.45) is 2.76. The first-order valence-corrected chi connectivity index (χ1v) is 8.40. The summed E-state index contributed by atoms with van der Waals surface area (Å²) in [5.41, 5.74) is 0.690. The third-order valence-electron chi connectivity index (χ3n) is 3.67. The van der Waals surface area contributed by atoms with Gasteiger partial charge in [-0.1, -0.05) is 15.9 Å². The van der Waals surface area contributed by atoms with E-state index in [-0.39, 0.29) is 17.9 Å². The first-order valence-electron chi connectivity index (χ1n) is 7.61. The first-order chi connectivity index (χ1) is 10.6. The number of amides is 1. The molecule has 6 heteroatoms. The molecular formula is C16H22BrNO4. The summed E-state index contributed by atoms with van der Waals surface area (Å²) in [5, 5.41) is 9.95. The van der Waals surface area contributed by atoms with Gasteiger partial charge in [0.05, 0.1) is 19.3 Å². The number of aromatic hydroxyl groups is 1. The van der Waals surface area contributed by atoms with Crippen LogP contribution in [0.1, 0.15) is 31.7 Å². The van der Waals surface area contributed by atoms with Gasteiger partial charge in [-0.15, -0.1) is 0 Å². The number of carbonyl (C=O) groups excluding carboxylic acids is 1. The van der Waals surface area contributed by atoms with E-state index in [0.29, 0.717) is 25.3 Å². The van der Waals surface area contributed by atoms with E-state index in [9.17, 15) is 9.90 Å². The van der Waals surface area contributed by atoms with Gasteiger partial charge in [-0.2, -0.15) is 0 Å². The van der Waals surface area contributed by atoms with Crippen LogP contribution in [0.25, 0.3) is 0 Å². The van der Waals surface area contributed by atoms with Crippen molar-refractivity contribution in [2.75, 3.05) is 19.8 Å². The highest BCUT2D eigenvalue weighted by molar-refractivity contribution is 9.10. The second kappa shape index (κ2) is 8.39. The monoisotopic (exact) mass is 371 g/mol. The summed E-state index contributed by atoms with van der Waals surface area (Å²) in [6, 6.07) is 5.19. The molecule has 1 amide bonds. The van der Waals surface area contributed by atoms with Gasteiger partial charge < -0.3 is 19.5 Å². The van der Waals surface area contributed by atoms with Crippen molar-refractivity contribution in [2.24, 2.45) is 0 Å². The zero-order valence-corrected chi connectivity index (χ0v) is 14.3. The number of hydrogen-bond acceptors (Lipinski definition) is 4. The number of halogens is 1. The van der Waals surface area contributed by atoms with Crippen LogP contribution in [0, 0.1) is 0 Å². The van der Waals surface area contributed by atoms with Crippen LogP contribution in [0.15, 0.2) is 22.7 Å². The molecule has 1 saturated heterocycles. The second-order valence-electron chi connectivity index (χ2n) is 5.32. The van der Waals surface area contributed by atoms with Gasteiger partial charge in [-0.05, 0) is 44.4 Å². The van der Waals surface area contributed by atoms with E-state index in [1.54, 1.807) is 24.0 Å². The van der Waals surface area contributed by atoms with Gasteiger partial charge in [0.1, 0.15) is 5.75 Å². The van der Waals surface area contributed by atoms with Crippen LogP contribution in [-0.4, -0.2) is 42.0 Å². The normalized spacial score (nSPS) is 17.5. The van der Waals surface area contributed by atoms with Gasteiger partial charge in [0, 0.05) is 23.2 Å². The lowest BCUT2D eigenvalue weighted by molar-refractivity contribution is 0.0770. The molecule has 122 valence electrons. The Kier molecular flexibility index (Phi) is 6.51. The Labute approximate surface area is 139 Å². The Morgan fingerprint density at radius 3 is 3.05 bits per heavy atom. The smallest absolute Gasteiger partial charge is 0.410 e. The Morgan fingerprint density at radius 1 is 1.55 bits per heavy atom. The van der Waals surface area contributed by atoms with Crippen molar-refractivity contribution in [2.45, 2.75) is 38.8 Å². The minimum atomic E-state index is -0.361. The average molecular weight is 372 g/mol. The summed E-state index contributed by atoms with van der Waals surface area (Å²) in [6.45, 7) is 3.79. The number of carbonyl (C=O) groups is 1. The van der Waals surface area contributed by atoms with E-state index >= 15 is 0 Å². The van der Waals surface area contributed by atoms with Crippen LogP contribution >= 0.6 is 15.9 Å². The molecular weight excluding hydrogens is 350 g/mol. The van der Waals surface area contributed by atoms with Crippen LogP contribution in [0.2, 0.25) is 0 Å². The van der Waals surface area contributed by atoms with Crippen LogP contribution in [0.3, 0.4) is 0 Å². The first kappa shape index (κ1) is 17.1. The Balaban J connectivity index is 2.02. The van der Waals surface area contributed by atoms with Crippen molar-refractivity contribution in [1.82, 2.24) is 4.90 Å². The molecule has 1 unspecified atom stereocenters. The molecule has 2 rings (SSSR count). The highest BCUT2D eigenvalue weighted by Crippen LogP contribution is 2.24. The lowest BCUT2D eigenvalue weighted by Crippen LogP contribution is -2.33. The molecule has 1 fully saturated rings. The molecule has 22 heavy (non-hydrogen) atoms. The Hall–Kier alpha value is -1.27. The Morgan fingerprint density at radius 2 is 2.36 bits per heavy atom. The van der Waals surface area contributed by atoms with Gasteiger partial charge in [0.15, 0.2) is 0 Å². The maximum atomic E-state index is 12.1. The zero-order chi connectivity index (χ0) is 15.9. The van der Waals surface area contributed by atoms with E-state index in [1.165, 1.54) is 0 Å². The molecule has 1 aliphatic heterocycles. The van der Waals surface area contributed by atoms with Crippen molar-refractivity contribution >= 4 is 22.0 Å². The molecule has 0 aromatic heterocycles. The average Bonchev–Trinajstić information content (AvgIpc) is 3.00. The molecule has 1 atom stereocenters. The molecule has 1 aromatic carbocycles. The van der Waals surface area contributed by atoms with Crippen LogP contribution in [0.5, 0.6) is 5.75 Å². The largest absolute Gasteiger partial charge is 0.508 e. The number of nitrogens with zero attached hydrogens (tertiary/aromatic N) is 1. The molecule has 0 saturated carbocycles. The summed E-state index contributed by atoms with van der Waals surface area (Å²) in [5.74, 6) is 0.176. The van der Waals surface area contributed by atoms with Gasteiger partial charge >= 0.3 is 6.09 Å². The quantitative estimate of drug-likeness (QED) is 0.828. The summed E-state index contributed by atoms with van der Waals surface area (Å²) in [7, 11) is 0. The highest BCUT2D eigenvalue weighted by Gasteiger charge is 2.21. The topological polar surface area (TPSA) is 59.0 Å².